The van der Waals surface area contributed by atoms with Gasteiger partial charge in [-0.25, -0.2) is 4.79 Å². The van der Waals surface area contributed by atoms with E-state index >= 15 is 0 Å². The Labute approximate surface area is 183 Å². The van der Waals surface area contributed by atoms with Crippen LogP contribution in [0, 0.1) is 0 Å². The molecule has 5 rings (SSSR count). The number of benzene rings is 2. The third-order valence-corrected chi connectivity index (χ3v) is 6.09. The Bertz CT molecular complexity index is 1460. The Kier molecular flexibility index (Phi) is 4.67. The number of fused-ring (bicyclic) bond motifs is 3. The first-order chi connectivity index (χ1) is 15.4. The van der Waals surface area contributed by atoms with Crippen molar-refractivity contribution in [1.82, 2.24) is 13.7 Å². The largest absolute Gasteiger partial charge is 0.508 e. The summed E-state index contributed by atoms with van der Waals surface area (Å²) in [6, 6.07) is 14.4. The zero-order valence-corrected chi connectivity index (χ0v) is 18.0. The molecule has 164 valence electrons. The van der Waals surface area contributed by atoms with Gasteiger partial charge in [0.05, 0.1) is 36.0 Å². The van der Waals surface area contributed by atoms with Crippen LogP contribution >= 0.6 is 0 Å². The first-order valence-electron chi connectivity index (χ1n) is 10.3. The van der Waals surface area contributed by atoms with Gasteiger partial charge < -0.3 is 19.1 Å². The third-order valence-electron chi connectivity index (χ3n) is 6.09. The summed E-state index contributed by atoms with van der Waals surface area (Å²) in [4.78, 5) is 26.2. The van der Waals surface area contributed by atoms with Gasteiger partial charge in [0.25, 0.3) is 5.56 Å². The van der Waals surface area contributed by atoms with Crippen LogP contribution < -0.4 is 16.0 Å². The molecule has 8 nitrogen and oxygen atoms in total. The molecule has 1 atom stereocenters. The Hall–Kier alpha value is -3.78. The van der Waals surface area contributed by atoms with Crippen LogP contribution in [0.25, 0.3) is 22.2 Å². The number of rotatable bonds is 3. The quantitative estimate of drug-likeness (QED) is 0.537. The SMILES string of the molecule is COc1ccc(-c2c3c(=O)n(C)c(=O)n(C)c3c3n2CCO[C@@H]3c2cccc(O)c2)cc1. The second kappa shape index (κ2) is 7.42. The van der Waals surface area contributed by atoms with Crippen molar-refractivity contribution in [2.24, 2.45) is 14.1 Å². The Morgan fingerprint density at radius 3 is 2.50 bits per heavy atom. The third kappa shape index (κ3) is 2.87. The molecule has 0 amide bonds. The van der Waals surface area contributed by atoms with Crippen molar-refractivity contribution >= 4 is 10.9 Å². The summed E-state index contributed by atoms with van der Waals surface area (Å²) in [5.74, 6) is 0.837. The summed E-state index contributed by atoms with van der Waals surface area (Å²) in [6.45, 7) is 0.948. The molecule has 0 saturated heterocycles. The predicted octanol–water partition coefficient (Wildman–Crippen LogP) is 2.54. The van der Waals surface area contributed by atoms with Gasteiger partial charge in [0, 0.05) is 20.6 Å². The monoisotopic (exact) mass is 433 g/mol. The van der Waals surface area contributed by atoms with E-state index in [1.54, 1.807) is 32.4 Å². The average molecular weight is 433 g/mol. The van der Waals surface area contributed by atoms with Gasteiger partial charge in [-0.15, -0.1) is 0 Å². The van der Waals surface area contributed by atoms with E-state index in [4.69, 9.17) is 9.47 Å². The minimum absolute atomic E-state index is 0.124. The Balaban J connectivity index is 1.91. The number of hydrogen-bond donors (Lipinski definition) is 1. The number of methoxy groups -OCH3 is 1. The lowest BCUT2D eigenvalue weighted by molar-refractivity contribution is 0.0477. The zero-order valence-electron chi connectivity index (χ0n) is 18.0. The molecule has 1 aliphatic rings. The molecule has 1 N–H and O–H groups in total. The minimum atomic E-state index is -0.539. The topological polar surface area (TPSA) is 87.6 Å². The van der Waals surface area contributed by atoms with Crippen molar-refractivity contribution in [1.29, 1.82) is 0 Å². The molecule has 0 bridgehead atoms. The van der Waals surface area contributed by atoms with Crippen molar-refractivity contribution < 1.29 is 14.6 Å². The lowest BCUT2D eigenvalue weighted by atomic mass is 10.0. The fourth-order valence-electron chi connectivity index (χ4n) is 4.57. The van der Waals surface area contributed by atoms with Gasteiger partial charge in [-0.1, -0.05) is 12.1 Å². The molecule has 32 heavy (non-hydrogen) atoms. The van der Waals surface area contributed by atoms with E-state index in [1.807, 2.05) is 30.3 Å². The van der Waals surface area contributed by atoms with Gasteiger partial charge in [0.2, 0.25) is 0 Å². The van der Waals surface area contributed by atoms with Crippen LogP contribution in [0.4, 0.5) is 0 Å². The van der Waals surface area contributed by atoms with Gasteiger partial charge in [-0.2, -0.15) is 0 Å². The molecule has 2 aromatic heterocycles. The lowest BCUT2D eigenvalue weighted by Crippen LogP contribution is -2.37. The van der Waals surface area contributed by atoms with Gasteiger partial charge in [0.1, 0.15) is 17.6 Å². The smallest absolute Gasteiger partial charge is 0.331 e. The molecule has 0 spiro atoms. The van der Waals surface area contributed by atoms with Crippen LogP contribution in [0.3, 0.4) is 0 Å². The van der Waals surface area contributed by atoms with Crippen LogP contribution in [0.2, 0.25) is 0 Å². The highest BCUT2D eigenvalue weighted by atomic mass is 16.5. The van der Waals surface area contributed by atoms with E-state index in [9.17, 15) is 14.7 Å². The highest BCUT2D eigenvalue weighted by molar-refractivity contribution is 5.96. The number of ether oxygens (including phenoxy) is 2. The fraction of sp³-hybridized carbons (Fsp3) is 0.250. The van der Waals surface area contributed by atoms with E-state index in [2.05, 4.69) is 4.57 Å². The Morgan fingerprint density at radius 2 is 1.81 bits per heavy atom. The van der Waals surface area contributed by atoms with E-state index in [1.165, 1.54) is 11.6 Å². The van der Waals surface area contributed by atoms with Crippen LogP contribution in [-0.4, -0.2) is 32.5 Å². The number of aromatic hydroxyl groups is 1. The molecule has 0 unspecified atom stereocenters. The number of nitrogens with zero attached hydrogens (tertiary/aromatic N) is 3. The second-order valence-corrected chi connectivity index (χ2v) is 7.89. The van der Waals surface area contributed by atoms with Crippen molar-refractivity contribution in [3.63, 3.8) is 0 Å². The predicted molar refractivity (Wildman–Crippen MR) is 120 cm³/mol. The van der Waals surface area contributed by atoms with Crippen molar-refractivity contribution in [2.75, 3.05) is 13.7 Å². The normalized spacial score (nSPS) is 15.7. The summed E-state index contributed by atoms with van der Waals surface area (Å²) in [5.41, 5.74) is 2.83. The summed E-state index contributed by atoms with van der Waals surface area (Å²) < 4.78 is 16.1. The molecule has 8 heteroatoms. The average Bonchev–Trinajstić information content (AvgIpc) is 3.17. The minimum Gasteiger partial charge on any atom is -0.508 e. The van der Waals surface area contributed by atoms with Gasteiger partial charge >= 0.3 is 5.69 Å². The first-order valence-corrected chi connectivity index (χ1v) is 10.3. The number of phenols is 1. The van der Waals surface area contributed by atoms with E-state index < -0.39 is 11.8 Å². The molecule has 0 fully saturated rings. The fourth-order valence-corrected chi connectivity index (χ4v) is 4.57. The van der Waals surface area contributed by atoms with Crippen LogP contribution in [0.15, 0.2) is 58.1 Å². The van der Waals surface area contributed by atoms with E-state index in [0.717, 1.165) is 27.1 Å². The molecule has 4 aromatic rings. The molecule has 3 heterocycles. The number of aryl methyl sites for hydroxylation is 1. The van der Waals surface area contributed by atoms with Crippen LogP contribution in [-0.2, 0) is 25.4 Å². The maximum Gasteiger partial charge on any atom is 0.331 e. The van der Waals surface area contributed by atoms with Gasteiger partial charge in [0.15, 0.2) is 0 Å². The summed E-state index contributed by atoms with van der Waals surface area (Å²) in [6.07, 6.45) is -0.539. The standard InChI is InChI=1S/C24H23N3O5/c1-25-20-18(23(29)26(2)24(25)30)19(14-7-9-17(31-3)10-8-14)27-11-12-32-22(21(20)27)15-5-4-6-16(28)13-15/h4-10,13,22,28H,11-12H2,1-3H3/t22-/m1/s1. The number of aromatic nitrogens is 3. The number of hydrogen-bond acceptors (Lipinski definition) is 5. The summed E-state index contributed by atoms with van der Waals surface area (Å²) >= 11 is 0. The van der Waals surface area contributed by atoms with Gasteiger partial charge in [-0.3, -0.25) is 13.9 Å². The molecular weight excluding hydrogens is 410 g/mol. The molecule has 0 saturated carbocycles. The number of phenolic OH excluding ortho intramolecular Hbond substituents is 1. The van der Waals surface area contributed by atoms with E-state index in [0.29, 0.717) is 29.8 Å². The molecule has 0 aliphatic carbocycles. The summed E-state index contributed by atoms with van der Waals surface area (Å²) in [7, 11) is 4.75. The van der Waals surface area contributed by atoms with Crippen LogP contribution in [0.5, 0.6) is 11.5 Å². The maximum atomic E-state index is 13.4. The van der Waals surface area contributed by atoms with Crippen molar-refractivity contribution in [3.8, 4) is 22.8 Å². The molecule has 2 aromatic carbocycles. The second-order valence-electron chi connectivity index (χ2n) is 7.89. The zero-order chi connectivity index (χ0) is 22.6. The molecule has 0 radical (unpaired) electrons. The highest BCUT2D eigenvalue weighted by Gasteiger charge is 2.33. The van der Waals surface area contributed by atoms with E-state index in [-0.39, 0.29) is 11.3 Å². The molecule has 1 aliphatic heterocycles. The highest BCUT2D eigenvalue weighted by Crippen LogP contribution is 2.41. The van der Waals surface area contributed by atoms with Crippen molar-refractivity contribution in [2.45, 2.75) is 12.6 Å². The molecular formula is C24H23N3O5. The lowest BCUT2D eigenvalue weighted by Gasteiger charge is -2.27. The van der Waals surface area contributed by atoms with Gasteiger partial charge in [-0.05, 0) is 47.5 Å². The van der Waals surface area contributed by atoms with Crippen LogP contribution in [0.1, 0.15) is 17.4 Å². The maximum absolute atomic E-state index is 13.4. The summed E-state index contributed by atoms with van der Waals surface area (Å²) in [5, 5.41) is 10.5. The first kappa shape index (κ1) is 20.1. The van der Waals surface area contributed by atoms with Crippen molar-refractivity contribution in [3.05, 3.63) is 80.6 Å². The Morgan fingerprint density at radius 1 is 1.06 bits per heavy atom.